The predicted molar refractivity (Wildman–Crippen MR) is 99.9 cm³/mol. The number of aryl methyl sites for hydroxylation is 2. The lowest BCUT2D eigenvalue weighted by molar-refractivity contribution is -0.141. The Hall–Kier alpha value is -2.48. The first-order valence-corrected chi connectivity index (χ1v) is 9.41. The number of rotatable bonds is 7. The molecule has 0 bridgehead atoms. The van der Waals surface area contributed by atoms with Gasteiger partial charge in [-0.2, -0.15) is 11.8 Å². The van der Waals surface area contributed by atoms with E-state index in [-0.39, 0.29) is 23.3 Å². The summed E-state index contributed by atoms with van der Waals surface area (Å²) in [6.07, 6.45) is 1.88. The van der Waals surface area contributed by atoms with Gasteiger partial charge in [0.05, 0.1) is 12.0 Å². The summed E-state index contributed by atoms with van der Waals surface area (Å²) in [5, 5.41) is 22.0. The number of benzene rings is 1. The monoisotopic (exact) mass is 379 g/mol. The van der Waals surface area contributed by atoms with Gasteiger partial charge in [0, 0.05) is 10.9 Å². The number of carbonyl (C=O) groups is 2. The van der Waals surface area contributed by atoms with Crippen LogP contribution in [0, 0.1) is 13.8 Å². The van der Waals surface area contributed by atoms with Crippen molar-refractivity contribution in [2.24, 2.45) is 0 Å². The van der Waals surface area contributed by atoms with Gasteiger partial charge in [0.1, 0.15) is 17.4 Å². The number of nitrogens with one attached hydrogen (secondary N) is 1. The molecular formula is C18H21NO6S. The van der Waals surface area contributed by atoms with Crippen LogP contribution >= 0.6 is 11.8 Å². The van der Waals surface area contributed by atoms with Crippen molar-refractivity contribution >= 4 is 34.6 Å². The quantitative estimate of drug-likeness (QED) is 0.630. The molecule has 0 aliphatic carbocycles. The van der Waals surface area contributed by atoms with Crippen molar-refractivity contribution in [3.8, 4) is 5.75 Å². The number of carboxylic acids is 1. The zero-order valence-corrected chi connectivity index (χ0v) is 15.6. The van der Waals surface area contributed by atoms with Crippen molar-refractivity contribution < 1.29 is 24.2 Å². The standard InChI is InChI=1S/C18H21NO6S/c1-9-11-4-5-14(20)10(2)16(11)25-18(24)12(9)8-15(21)19-13(17(22)23)6-7-26-3/h4-5,13,20H,6-8H2,1-3H3,(H,19,21)(H,22,23). The van der Waals surface area contributed by atoms with E-state index in [1.165, 1.54) is 17.8 Å². The summed E-state index contributed by atoms with van der Waals surface area (Å²) in [5.41, 5.74) is 0.802. The minimum atomic E-state index is -1.11. The molecule has 1 unspecified atom stereocenters. The first-order valence-electron chi connectivity index (χ1n) is 8.02. The molecule has 0 fully saturated rings. The van der Waals surface area contributed by atoms with E-state index in [0.717, 1.165) is 0 Å². The van der Waals surface area contributed by atoms with Crippen LogP contribution in [0.4, 0.5) is 0 Å². The zero-order valence-electron chi connectivity index (χ0n) is 14.8. The van der Waals surface area contributed by atoms with Gasteiger partial charge in [0.15, 0.2) is 0 Å². The average molecular weight is 379 g/mol. The minimum absolute atomic E-state index is 0.0173. The first-order chi connectivity index (χ1) is 12.3. The second kappa shape index (κ2) is 8.27. The summed E-state index contributed by atoms with van der Waals surface area (Å²) in [6, 6.07) is 2.12. The maximum Gasteiger partial charge on any atom is 0.340 e. The Morgan fingerprint density at radius 2 is 1.96 bits per heavy atom. The van der Waals surface area contributed by atoms with Gasteiger partial charge in [-0.05, 0) is 50.0 Å². The van der Waals surface area contributed by atoms with E-state index < -0.39 is 23.5 Å². The lowest BCUT2D eigenvalue weighted by atomic mass is 10.0. The van der Waals surface area contributed by atoms with E-state index in [2.05, 4.69) is 5.32 Å². The number of thioether (sulfide) groups is 1. The number of aromatic hydroxyl groups is 1. The van der Waals surface area contributed by atoms with Crippen LogP contribution in [0.1, 0.15) is 23.1 Å². The van der Waals surface area contributed by atoms with Crippen LogP contribution in [-0.2, 0) is 16.0 Å². The number of hydrogen-bond acceptors (Lipinski definition) is 6. The molecule has 140 valence electrons. The molecule has 0 aliphatic heterocycles. The summed E-state index contributed by atoms with van der Waals surface area (Å²) in [6.45, 7) is 3.33. The molecule has 0 saturated heterocycles. The van der Waals surface area contributed by atoms with Crippen molar-refractivity contribution in [2.75, 3.05) is 12.0 Å². The Bertz CT molecular complexity index is 905. The lowest BCUT2D eigenvalue weighted by Crippen LogP contribution is -2.42. The Morgan fingerprint density at radius 3 is 2.58 bits per heavy atom. The third-order valence-electron chi connectivity index (χ3n) is 4.26. The molecule has 2 rings (SSSR count). The molecular weight excluding hydrogens is 358 g/mol. The fourth-order valence-corrected chi connectivity index (χ4v) is 3.15. The molecule has 8 heteroatoms. The van der Waals surface area contributed by atoms with Gasteiger partial charge in [-0.25, -0.2) is 9.59 Å². The van der Waals surface area contributed by atoms with Gasteiger partial charge in [0.25, 0.3) is 0 Å². The Labute approximate surface area is 154 Å². The zero-order chi connectivity index (χ0) is 19.4. The van der Waals surface area contributed by atoms with E-state index in [4.69, 9.17) is 4.42 Å². The summed E-state index contributed by atoms with van der Waals surface area (Å²) in [7, 11) is 0. The highest BCUT2D eigenvalue weighted by Crippen LogP contribution is 2.28. The number of fused-ring (bicyclic) bond motifs is 1. The Balaban J connectivity index is 2.30. The Morgan fingerprint density at radius 1 is 1.27 bits per heavy atom. The molecule has 1 aromatic heterocycles. The highest BCUT2D eigenvalue weighted by atomic mass is 32.2. The van der Waals surface area contributed by atoms with Gasteiger partial charge in [-0.1, -0.05) is 0 Å². The number of amides is 1. The number of carbonyl (C=O) groups excluding carboxylic acids is 1. The number of carboxylic acid groups (broad SMARTS) is 1. The largest absolute Gasteiger partial charge is 0.508 e. The topological polar surface area (TPSA) is 117 Å². The van der Waals surface area contributed by atoms with Crippen molar-refractivity contribution in [1.29, 1.82) is 0 Å². The van der Waals surface area contributed by atoms with Crippen LogP contribution in [0.5, 0.6) is 5.75 Å². The van der Waals surface area contributed by atoms with Crippen molar-refractivity contribution in [3.05, 3.63) is 39.2 Å². The fraction of sp³-hybridized carbons (Fsp3) is 0.389. The summed E-state index contributed by atoms with van der Waals surface area (Å²) in [4.78, 5) is 35.8. The van der Waals surface area contributed by atoms with E-state index in [9.17, 15) is 24.6 Å². The van der Waals surface area contributed by atoms with E-state index in [1.807, 2.05) is 6.26 Å². The number of hydrogen-bond donors (Lipinski definition) is 3. The van der Waals surface area contributed by atoms with Crippen LogP contribution in [0.15, 0.2) is 21.3 Å². The number of phenols is 1. The molecule has 1 amide bonds. The van der Waals surface area contributed by atoms with E-state index in [1.54, 1.807) is 19.9 Å². The third-order valence-corrected chi connectivity index (χ3v) is 4.90. The molecule has 0 saturated carbocycles. The summed E-state index contributed by atoms with van der Waals surface area (Å²) >= 11 is 1.49. The second-order valence-electron chi connectivity index (χ2n) is 6.00. The van der Waals surface area contributed by atoms with Crippen LogP contribution < -0.4 is 10.9 Å². The van der Waals surface area contributed by atoms with Gasteiger partial charge >= 0.3 is 11.6 Å². The van der Waals surface area contributed by atoms with Gasteiger partial charge in [-0.15, -0.1) is 0 Å². The third kappa shape index (κ3) is 4.19. The molecule has 1 atom stereocenters. The molecule has 3 N–H and O–H groups in total. The first kappa shape index (κ1) is 19.8. The molecule has 0 aliphatic rings. The number of phenolic OH excluding ortho intramolecular Hbond substituents is 1. The highest BCUT2D eigenvalue weighted by molar-refractivity contribution is 7.98. The van der Waals surface area contributed by atoms with Gasteiger partial charge < -0.3 is 19.9 Å². The molecule has 0 radical (unpaired) electrons. The van der Waals surface area contributed by atoms with Gasteiger partial charge in [0.2, 0.25) is 5.91 Å². The van der Waals surface area contributed by atoms with Crippen LogP contribution in [0.25, 0.3) is 11.0 Å². The summed E-state index contributed by atoms with van der Waals surface area (Å²) < 4.78 is 5.29. The molecule has 1 heterocycles. The SMILES string of the molecule is CSCCC(NC(=O)Cc1c(C)c2ccc(O)c(C)c2oc1=O)C(=O)O. The maximum absolute atomic E-state index is 12.3. The molecule has 1 aromatic carbocycles. The number of aliphatic carboxylic acids is 1. The summed E-state index contributed by atoms with van der Waals surface area (Å²) in [5.74, 6) is -1.05. The molecule has 26 heavy (non-hydrogen) atoms. The molecule has 0 spiro atoms. The smallest absolute Gasteiger partial charge is 0.340 e. The van der Waals surface area contributed by atoms with E-state index in [0.29, 0.717) is 28.7 Å². The minimum Gasteiger partial charge on any atom is -0.508 e. The van der Waals surface area contributed by atoms with Crippen molar-refractivity contribution in [3.63, 3.8) is 0 Å². The predicted octanol–water partition coefficient (Wildman–Crippen LogP) is 1.98. The highest BCUT2D eigenvalue weighted by Gasteiger charge is 2.22. The van der Waals surface area contributed by atoms with Crippen LogP contribution in [0.3, 0.4) is 0 Å². The van der Waals surface area contributed by atoms with Crippen molar-refractivity contribution in [2.45, 2.75) is 32.7 Å². The van der Waals surface area contributed by atoms with Crippen LogP contribution in [0.2, 0.25) is 0 Å². The average Bonchev–Trinajstić information content (AvgIpc) is 2.58. The molecule has 2 aromatic rings. The Kier molecular flexibility index (Phi) is 6.31. The van der Waals surface area contributed by atoms with Crippen LogP contribution in [-0.4, -0.2) is 40.1 Å². The lowest BCUT2D eigenvalue weighted by Gasteiger charge is -2.15. The maximum atomic E-state index is 12.3. The second-order valence-corrected chi connectivity index (χ2v) is 6.98. The van der Waals surface area contributed by atoms with Gasteiger partial charge in [-0.3, -0.25) is 4.79 Å². The normalized spacial score (nSPS) is 12.1. The molecule has 7 nitrogen and oxygen atoms in total. The van der Waals surface area contributed by atoms with Crippen molar-refractivity contribution in [1.82, 2.24) is 5.32 Å². The van der Waals surface area contributed by atoms with E-state index >= 15 is 0 Å². The fourth-order valence-electron chi connectivity index (χ4n) is 2.68.